The first-order valence-corrected chi connectivity index (χ1v) is 7.44. The second-order valence-corrected chi connectivity index (χ2v) is 5.81. The van der Waals surface area contributed by atoms with Crippen LogP contribution in [0.5, 0.6) is 0 Å². The van der Waals surface area contributed by atoms with E-state index in [1.807, 2.05) is 56.3 Å². The maximum atomic E-state index is 11.9. The van der Waals surface area contributed by atoms with E-state index in [4.69, 9.17) is 5.73 Å². The van der Waals surface area contributed by atoms with Crippen LogP contribution in [0.15, 0.2) is 46.9 Å². The van der Waals surface area contributed by atoms with Crippen LogP contribution in [0.1, 0.15) is 24.1 Å². The standard InChI is InChI=1S/C16H18BrN3O/c1-10-3-6-14(9-15(10)17)20-16(21)19-13-7-4-12(5-8-13)11(2)18/h3-9,11H,18H2,1-2H3,(H2,19,20,21). The maximum Gasteiger partial charge on any atom is 0.323 e. The summed E-state index contributed by atoms with van der Waals surface area (Å²) in [5, 5.41) is 5.58. The van der Waals surface area contributed by atoms with Crippen LogP contribution in [-0.4, -0.2) is 6.03 Å². The Morgan fingerprint density at radius 1 is 1.10 bits per heavy atom. The van der Waals surface area contributed by atoms with Gasteiger partial charge in [0.2, 0.25) is 0 Å². The Labute approximate surface area is 132 Å². The highest BCUT2D eigenvalue weighted by atomic mass is 79.9. The molecule has 5 heteroatoms. The van der Waals surface area contributed by atoms with Crippen LogP contribution in [0.3, 0.4) is 0 Å². The van der Waals surface area contributed by atoms with Crippen molar-refractivity contribution >= 4 is 33.3 Å². The summed E-state index contributed by atoms with van der Waals surface area (Å²) in [7, 11) is 0. The molecule has 0 aliphatic heterocycles. The lowest BCUT2D eigenvalue weighted by molar-refractivity contribution is 0.262. The third-order valence-electron chi connectivity index (χ3n) is 3.12. The Hall–Kier alpha value is -1.85. The minimum Gasteiger partial charge on any atom is -0.324 e. The van der Waals surface area contributed by atoms with Gasteiger partial charge in [-0.1, -0.05) is 34.1 Å². The van der Waals surface area contributed by atoms with Crippen molar-refractivity contribution in [1.29, 1.82) is 0 Å². The Kier molecular flexibility index (Phi) is 4.98. The van der Waals surface area contributed by atoms with E-state index in [0.717, 1.165) is 27.0 Å². The van der Waals surface area contributed by atoms with E-state index >= 15 is 0 Å². The fraction of sp³-hybridized carbons (Fsp3) is 0.188. The predicted octanol–water partition coefficient (Wildman–Crippen LogP) is 4.42. The third-order valence-corrected chi connectivity index (χ3v) is 3.98. The number of aryl methyl sites for hydroxylation is 1. The molecule has 0 bridgehead atoms. The largest absolute Gasteiger partial charge is 0.324 e. The lowest BCUT2D eigenvalue weighted by Gasteiger charge is -2.10. The minimum absolute atomic E-state index is 0.0159. The number of hydrogen-bond acceptors (Lipinski definition) is 2. The van der Waals surface area contributed by atoms with Crippen molar-refractivity contribution in [2.45, 2.75) is 19.9 Å². The molecule has 0 saturated heterocycles. The van der Waals surface area contributed by atoms with Gasteiger partial charge in [-0.3, -0.25) is 0 Å². The molecular weight excluding hydrogens is 330 g/mol. The van der Waals surface area contributed by atoms with Crippen LogP contribution in [0, 0.1) is 6.92 Å². The van der Waals surface area contributed by atoms with Crippen LogP contribution in [0.2, 0.25) is 0 Å². The molecule has 1 atom stereocenters. The van der Waals surface area contributed by atoms with E-state index in [2.05, 4.69) is 26.6 Å². The van der Waals surface area contributed by atoms with E-state index in [0.29, 0.717) is 0 Å². The minimum atomic E-state index is -0.278. The highest BCUT2D eigenvalue weighted by Crippen LogP contribution is 2.21. The zero-order valence-corrected chi connectivity index (χ0v) is 13.6. The number of carbonyl (C=O) groups excluding carboxylic acids is 1. The third kappa shape index (κ3) is 4.31. The molecule has 21 heavy (non-hydrogen) atoms. The Bertz CT molecular complexity index is 638. The predicted molar refractivity (Wildman–Crippen MR) is 90.6 cm³/mol. The molecule has 0 radical (unpaired) electrons. The van der Waals surface area contributed by atoms with Gasteiger partial charge >= 0.3 is 6.03 Å². The van der Waals surface area contributed by atoms with Gasteiger partial charge in [-0.05, 0) is 49.2 Å². The van der Waals surface area contributed by atoms with Crippen molar-refractivity contribution < 1.29 is 4.79 Å². The van der Waals surface area contributed by atoms with E-state index in [9.17, 15) is 4.79 Å². The van der Waals surface area contributed by atoms with Crippen LogP contribution in [0.25, 0.3) is 0 Å². The number of hydrogen-bond donors (Lipinski definition) is 3. The second kappa shape index (κ2) is 6.74. The topological polar surface area (TPSA) is 67.2 Å². The molecule has 2 rings (SSSR count). The molecule has 110 valence electrons. The molecule has 0 saturated carbocycles. The number of nitrogens with two attached hydrogens (primary N) is 1. The average Bonchev–Trinajstić information content (AvgIpc) is 2.43. The molecule has 4 N–H and O–H groups in total. The normalized spacial score (nSPS) is 11.8. The smallest absolute Gasteiger partial charge is 0.323 e. The molecule has 0 spiro atoms. The van der Waals surface area contributed by atoms with Gasteiger partial charge in [-0.15, -0.1) is 0 Å². The zero-order chi connectivity index (χ0) is 15.4. The molecule has 0 fully saturated rings. The lowest BCUT2D eigenvalue weighted by atomic mass is 10.1. The first-order chi connectivity index (χ1) is 9.95. The summed E-state index contributed by atoms with van der Waals surface area (Å²) >= 11 is 3.44. The number of urea groups is 1. The number of carbonyl (C=O) groups is 1. The first-order valence-electron chi connectivity index (χ1n) is 6.65. The average molecular weight is 348 g/mol. The summed E-state index contributed by atoms with van der Waals surface area (Å²) in [6.07, 6.45) is 0. The highest BCUT2D eigenvalue weighted by molar-refractivity contribution is 9.10. The quantitative estimate of drug-likeness (QED) is 0.769. The van der Waals surface area contributed by atoms with Gasteiger partial charge in [0.15, 0.2) is 0 Å². The van der Waals surface area contributed by atoms with Gasteiger partial charge in [0, 0.05) is 21.9 Å². The van der Waals surface area contributed by atoms with Gasteiger partial charge < -0.3 is 16.4 Å². The molecular formula is C16H18BrN3O. The van der Waals surface area contributed by atoms with E-state index < -0.39 is 0 Å². The Morgan fingerprint density at radius 2 is 1.67 bits per heavy atom. The summed E-state index contributed by atoms with van der Waals surface area (Å²) in [5.41, 5.74) is 9.40. The molecule has 4 nitrogen and oxygen atoms in total. The van der Waals surface area contributed by atoms with E-state index in [-0.39, 0.29) is 12.1 Å². The SMILES string of the molecule is Cc1ccc(NC(=O)Nc2ccc(C(C)N)cc2)cc1Br. The fourth-order valence-corrected chi connectivity index (χ4v) is 2.21. The van der Waals surface area contributed by atoms with Crippen LogP contribution >= 0.6 is 15.9 Å². The number of nitrogens with one attached hydrogen (secondary N) is 2. The molecule has 0 aliphatic rings. The molecule has 2 aromatic carbocycles. The van der Waals surface area contributed by atoms with Gasteiger partial charge in [-0.25, -0.2) is 4.79 Å². The van der Waals surface area contributed by atoms with Crippen LogP contribution < -0.4 is 16.4 Å². The summed E-state index contributed by atoms with van der Waals surface area (Å²) in [6, 6.07) is 12.9. The van der Waals surface area contributed by atoms with Crippen LogP contribution in [0.4, 0.5) is 16.2 Å². The highest BCUT2D eigenvalue weighted by Gasteiger charge is 2.05. The summed E-state index contributed by atoms with van der Waals surface area (Å²) in [6.45, 7) is 3.92. The number of amides is 2. The van der Waals surface area contributed by atoms with Crippen molar-refractivity contribution in [2.75, 3.05) is 10.6 Å². The number of rotatable bonds is 3. The summed E-state index contributed by atoms with van der Waals surface area (Å²) in [5.74, 6) is 0. The monoisotopic (exact) mass is 347 g/mol. The summed E-state index contributed by atoms with van der Waals surface area (Å²) in [4.78, 5) is 11.9. The second-order valence-electron chi connectivity index (χ2n) is 4.95. The van der Waals surface area contributed by atoms with Gasteiger partial charge in [0.25, 0.3) is 0 Å². The van der Waals surface area contributed by atoms with Gasteiger partial charge in [0.05, 0.1) is 0 Å². The molecule has 2 amide bonds. The lowest BCUT2D eigenvalue weighted by Crippen LogP contribution is -2.19. The number of anilines is 2. The van der Waals surface area contributed by atoms with Crippen LogP contribution in [-0.2, 0) is 0 Å². The van der Waals surface area contributed by atoms with Crippen molar-refractivity contribution in [1.82, 2.24) is 0 Å². The van der Waals surface area contributed by atoms with Crippen molar-refractivity contribution in [2.24, 2.45) is 5.73 Å². The molecule has 0 heterocycles. The fourth-order valence-electron chi connectivity index (χ4n) is 1.83. The summed E-state index contributed by atoms with van der Waals surface area (Å²) < 4.78 is 0.960. The van der Waals surface area contributed by atoms with Gasteiger partial charge in [0.1, 0.15) is 0 Å². The number of halogens is 1. The zero-order valence-electron chi connectivity index (χ0n) is 12.0. The molecule has 0 aromatic heterocycles. The maximum absolute atomic E-state index is 11.9. The molecule has 0 aliphatic carbocycles. The van der Waals surface area contributed by atoms with Crippen molar-refractivity contribution in [3.63, 3.8) is 0 Å². The molecule has 1 unspecified atom stereocenters. The van der Waals surface area contributed by atoms with E-state index in [1.165, 1.54) is 0 Å². The Morgan fingerprint density at radius 3 is 2.24 bits per heavy atom. The van der Waals surface area contributed by atoms with Crippen molar-refractivity contribution in [3.8, 4) is 0 Å². The van der Waals surface area contributed by atoms with Gasteiger partial charge in [-0.2, -0.15) is 0 Å². The number of benzene rings is 2. The first kappa shape index (κ1) is 15.5. The Balaban J connectivity index is 1.99. The molecule has 2 aromatic rings. The van der Waals surface area contributed by atoms with E-state index in [1.54, 1.807) is 0 Å². The van der Waals surface area contributed by atoms with Crippen molar-refractivity contribution in [3.05, 3.63) is 58.1 Å².